The Morgan fingerprint density at radius 2 is 1.88 bits per heavy atom. The normalized spacial score (nSPS) is 14.4. The molecule has 2 aromatic rings. The zero-order valence-corrected chi connectivity index (χ0v) is 13.9. The second kappa shape index (κ2) is 6.26. The van der Waals surface area contributed by atoms with Gasteiger partial charge in [-0.2, -0.15) is 17.6 Å². The molecule has 0 radical (unpaired) electrons. The summed E-state index contributed by atoms with van der Waals surface area (Å²) in [4.78, 5) is 15.2. The fraction of sp³-hybridized carbons (Fsp3) is 0.333. The molecule has 0 spiro atoms. The molecule has 1 fully saturated rings. The Balaban J connectivity index is 2.19. The van der Waals surface area contributed by atoms with E-state index in [4.69, 9.17) is 4.74 Å². The highest BCUT2D eigenvalue weighted by atomic mass is 19.4. The van der Waals surface area contributed by atoms with Gasteiger partial charge in [-0.1, -0.05) is 0 Å². The van der Waals surface area contributed by atoms with Gasteiger partial charge in [0.2, 0.25) is 5.95 Å². The minimum absolute atomic E-state index is 0.0303. The average molecular weight is 369 g/mol. The third kappa shape index (κ3) is 3.36. The molecule has 0 saturated heterocycles. The first-order valence-electron chi connectivity index (χ1n) is 7.88. The number of nitrogens with zero attached hydrogens (tertiary/aromatic N) is 1. The van der Waals surface area contributed by atoms with Crippen molar-refractivity contribution in [2.75, 3.05) is 0 Å². The summed E-state index contributed by atoms with van der Waals surface area (Å²) in [6, 6.07) is 3.42. The first-order chi connectivity index (χ1) is 12.1. The van der Waals surface area contributed by atoms with Gasteiger partial charge in [-0.05, 0) is 61.9 Å². The highest BCUT2D eigenvalue weighted by Crippen LogP contribution is 2.49. The van der Waals surface area contributed by atoms with Crippen LogP contribution in [-0.4, -0.2) is 16.1 Å². The van der Waals surface area contributed by atoms with Gasteiger partial charge in [0, 0.05) is 0 Å². The lowest BCUT2D eigenvalue weighted by atomic mass is 9.93. The Hall–Kier alpha value is -2.64. The molecule has 1 saturated carbocycles. The molecule has 0 aliphatic heterocycles. The topological polar surface area (TPSA) is 59.4 Å². The Morgan fingerprint density at radius 1 is 1.23 bits per heavy atom. The van der Waals surface area contributed by atoms with Crippen LogP contribution >= 0.6 is 0 Å². The number of aryl methyl sites for hydroxylation is 1. The molecule has 138 valence electrons. The molecule has 0 amide bonds. The number of rotatable bonds is 4. The minimum Gasteiger partial charge on any atom is -0.478 e. The number of hydrogen-bond donors (Lipinski definition) is 1. The summed E-state index contributed by atoms with van der Waals surface area (Å²) in [7, 11) is 0. The number of carboxylic acid groups (broad SMARTS) is 1. The van der Waals surface area contributed by atoms with Gasteiger partial charge in [-0.25, -0.2) is 9.78 Å². The molecule has 1 aromatic heterocycles. The molecule has 8 heteroatoms. The maximum absolute atomic E-state index is 13.5. The smallest absolute Gasteiger partial charge is 0.416 e. The number of alkyl halides is 3. The SMILES string of the molecule is Cc1nc(F)ccc1Oc1cc(C2CC2)c(C(F)(F)F)c(C)c1C(=O)O. The number of ether oxygens (including phenoxy) is 1. The summed E-state index contributed by atoms with van der Waals surface area (Å²) in [5.41, 5.74) is -1.68. The molecule has 26 heavy (non-hydrogen) atoms. The molecule has 1 aliphatic carbocycles. The first kappa shape index (κ1) is 18.2. The third-order valence-corrected chi connectivity index (χ3v) is 4.31. The van der Waals surface area contributed by atoms with Gasteiger partial charge in [0.05, 0.1) is 11.3 Å². The Morgan fingerprint density at radius 3 is 2.38 bits per heavy atom. The van der Waals surface area contributed by atoms with E-state index in [0.29, 0.717) is 12.8 Å². The highest BCUT2D eigenvalue weighted by Gasteiger charge is 2.42. The predicted octanol–water partition coefficient (Wildman–Crippen LogP) is 5.22. The van der Waals surface area contributed by atoms with E-state index in [0.717, 1.165) is 19.1 Å². The van der Waals surface area contributed by atoms with Crippen LogP contribution in [-0.2, 0) is 6.18 Å². The van der Waals surface area contributed by atoms with Crippen molar-refractivity contribution in [3.8, 4) is 11.5 Å². The van der Waals surface area contributed by atoms with Crippen LogP contribution in [0.3, 0.4) is 0 Å². The summed E-state index contributed by atoms with van der Waals surface area (Å²) < 4.78 is 59.2. The Bertz CT molecular complexity index is 889. The number of aromatic nitrogens is 1. The molecule has 3 rings (SSSR count). The van der Waals surface area contributed by atoms with E-state index in [1.807, 2.05) is 0 Å². The second-order valence-electron chi connectivity index (χ2n) is 6.24. The lowest BCUT2D eigenvalue weighted by Crippen LogP contribution is -2.16. The maximum atomic E-state index is 13.5. The van der Waals surface area contributed by atoms with Crippen LogP contribution in [0, 0.1) is 19.8 Å². The molecular weight excluding hydrogens is 354 g/mol. The molecule has 4 nitrogen and oxygen atoms in total. The van der Waals surface area contributed by atoms with Crippen molar-refractivity contribution in [3.05, 3.63) is 52.1 Å². The molecule has 0 bridgehead atoms. The number of hydrogen-bond acceptors (Lipinski definition) is 3. The van der Waals surface area contributed by atoms with Crippen LogP contribution in [0.25, 0.3) is 0 Å². The van der Waals surface area contributed by atoms with Crippen molar-refractivity contribution >= 4 is 5.97 Å². The van der Waals surface area contributed by atoms with Crippen molar-refractivity contribution in [1.82, 2.24) is 4.98 Å². The van der Waals surface area contributed by atoms with Crippen LogP contribution in [0.5, 0.6) is 11.5 Å². The van der Waals surface area contributed by atoms with E-state index in [1.165, 1.54) is 13.0 Å². The Kier molecular flexibility index (Phi) is 4.37. The minimum atomic E-state index is -4.67. The highest BCUT2D eigenvalue weighted by molar-refractivity contribution is 5.93. The molecule has 1 N–H and O–H groups in total. The van der Waals surface area contributed by atoms with Crippen LogP contribution in [0.2, 0.25) is 0 Å². The number of halogens is 4. The third-order valence-electron chi connectivity index (χ3n) is 4.31. The number of pyridine rings is 1. The van der Waals surface area contributed by atoms with Gasteiger partial charge >= 0.3 is 12.1 Å². The van der Waals surface area contributed by atoms with Crippen LogP contribution in [0.1, 0.15) is 51.5 Å². The summed E-state index contributed by atoms with van der Waals surface area (Å²) in [6.07, 6.45) is -3.46. The number of benzene rings is 1. The monoisotopic (exact) mass is 369 g/mol. The quantitative estimate of drug-likeness (QED) is 0.593. The van der Waals surface area contributed by atoms with E-state index >= 15 is 0 Å². The van der Waals surface area contributed by atoms with Crippen molar-refractivity contribution < 1.29 is 32.2 Å². The summed E-state index contributed by atoms with van der Waals surface area (Å²) in [6.45, 7) is 2.58. The van der Waals surface area contributed by atoms with Gasteiger partial charge < -0.3 is 9.84 Å². The lowest BCUT2D eigenvalue weighted by Gasteiger charge is -2.20. The molecular formula is C18H15F4NO3. The fourth-order valence-corrected chi connectivity index (χ4v) is 2.99. The lowest BCUT2D eigenvalue weighted by molar-refractivity contribution is -0.138. The zero-order valence-electron chi connectivity index (χ0n) is 13.9. The van der Waals surface area contributed by atoms with Gasteiger partial charge in [0.1, 0.15) is 17.1 Å². The molecule has 0 atom stereocenters. The van der Waals surface area contributed by atoms with E-state index < -0.39 is 34.8 Å². The molecule has 1 aliphatic rings. The van der Waals surface area contributed by atoms with E-state index in [2.05, 4.69) is 4.98 Å². The van der Waals surface area contributed by atoms with Gasteiger partial charge in [0.15, 0.2) is 0 Å². The number of carbonyl (C=O) groups is 1. The summed E-state index contributed by atoms with van der Waals surface area (Å²) in [5, 5.41) is 9.45. The average Bonchev–Trinajstić information content (AvgIpc) is 3.32. The number of carboxylic acids is 1. The van der Waals surface area contributed by atoms with E-state index in [9.17, 15) is 27.5 Å². The van der Waals surface area contributed by atoms with Crippen molar-refractivity contribution in [3.63, 3.8) is 0 Å². The van der Waals surface area contributed by atoms with Gasteiger partial charge in [0.25, 0.3) is 0 Å². The standard InChI is InChI=1S/C18H15F4NO3/c1-8-15(17(24)25)13(26-12-5-6-14(19)23-9(12)2)7-11(10-3-4-10)16(8)18(20,21)22/h5-7,10H,3-4H2,1-2H3,(H,24,25). The summed E-state index contributed by atoms with van der Waals surface area (Å²) in [5.74, 6) is -2.67. The molecule has 0 unspecified atom stereocenters. The fourth-order valence-electron chi connectivity index (χ4n) is 2.99. The summed E-state index contributed by atoms with van der Waals surface area (Å²) >= 11 is 0. The van der Waals surface area contributed by atoms with Crippen LogP contribution in [0.15, 0.2) is 18.2 Å². The zero-order chi connectivity index (χ0) is 19.2. The largest absolute Gasteiger partial charge is 0.478 e. The van der Waals surface area contributed by atoms with Crippen molar-refractivity contribution in [2.24, 2.45) is 0 Å². The molecule has 1 heterocycles. The maximum Gasteiger partial charge on any atom is 0.416 e. The van der Waals surface area contributed by atoms with Gasteiger partial charge in [-0.3, -0.25) is 0 Å². The van der Waals surface area contributed by atoms with Gasteiger partial charge in [-0.15, -0.1) is 0 Å². The van der Waals surface area contributed by atoms with E-state index in [-0.39, 0.29) is 28.7 Å². The first-order valence-corrected chi connectivity index (χ1v) is 7.88. The van der Waals surface area contributed by atoms with Crippen LogP contribution < -0.4 is 4.74 Å². The Labute approximate surface area is 146 Å². The number of aromatic carboxylic acids is 1. The van der Waals surface area contributed by atoms with E-state index in [1.54, 1.807) is 0 Å². The van der Waals surface area contributed by atoms with Crippen LogP contribution in [0.4, 0.5) is 17.6 Å². The molecule has 1 aromatic carbocycles. The van der Waals surface area contributed by atoms with Crippen molar-refractivity contribution in [1.29, 1.82) is 0 Å². The second-order valence-corrected chi connectivity index (χ2v) is 6.24. The van der Waals surface area contributed by atoms with Crippen molar-refractivity contribution in [2.45, 2.75) is 38.8 Å². The predicted molar refractivity (Wildman–Crippen MR) is 84.1 cm³/mol.